The van der Waals surface area contributed by atoms with E-state index in [1.54, 1.807) is 24.1 Å². The maximum absolute atomic E-state index is 12.5. The first-order valence-corrected chi connectivity index (χ1v) is 8.19. The summed E-state index contributed by atoms with van der Waals surface area (Å²) in [7, 11) is 1.74. The molecule has 3 heterocycles. The Morgan fingerprint density at radius 3 is 2.96 bits per heavy atom. The van der Waals surface area contributed by atoms with E-state index in [1.165, 1.54) is 11.8 Å². The molecule has 2 aliphatic rings. The van der Waals surface area contributed by atoms with Crippen molar-refractivity contribution in [2.75, 3.05) is 25.0 Å². The number of aryl methyl sites for hydroxylation is 2. The minimum Gasteiger partial charge on any atom is -0.351 e. The van der Waals surface area contributed by atoms with Crippen LogP contribution in [0.2, 0.25) is 0 Å². The molecule has 24 heavy (non-hydrogen) atoms. The highest BCUT2D eigenvalue weighted by Crippen LogP contribution is 2.26. The highest BCUT2D eigenvalue weighted by molar-refractivity contribution is 5.94. The van der Waals surface area contributed by atoms with Crippen LogP contribution in [0.4, 0.5) is 5.82 Å². The topological polar surface area (TPSA) is 82.2 Å². The molecule has 1 saturated heterocycles. The van der Waals surface area contributed by atoms with E-state index in [9.17, 15) is 9.59 Å². The number of carbonyl (C=O) groups excluding carboxylic acids is 1. The van der Waals surface area contributed by atoms with Crippen LogP contribution in [-0.2, 0) is 12.8 Å². The number of likely N-dealkylation sites (N-methyl/N-ethyl adjacent to an activating group) is 1. The van der Waals surface area contributed by atoms with Crippen molar-refractivity contribution in [1.29, 1.82) is 0 Å². The summed E-state index contributed by atoms with van der Waals surface area (Å²) in [5.41, 5.74) is 2.24. The summed E-state index contributed by atoms with van der Waals surface area (Å²) in [6, 6.07) is 5.41. The number of anilines is 1. The van der Waals surface area contributed by atoms with Gasteiger partial charge in [-0.15, -0.1) is 5.10 Å². The molecule has 2 aromatic rings. The molecule has 0 atom stereocenters. The minimum atomic E-state index is -0.352. The molecular weight excluding hydrogens is 306 g/mol. The number of fused-ring (bicyclic) bond motifs is 1. The molecule has 124 valence electrons. The first kappa shape index (κ1) is 14.9. The van der Waals surface area contributed by atoms with E-state index in [-0.39, 0.29) is 23.1 Å². The molecule has 7 nitrogen and oxygen atoms in total. The van der Waals surface area contributed by atoms with Crippen molar-refractivity contribution in [2.24, 2.45) is 0 Å². The van der Waals surface area contributed by atoms with Crippen LogP contribution < -0.4 is 10.5 Å². The summed E-state index contributed by atoms with van der Waals surface area (Å²) >= 11 is 0. The van der Waals surface area contributed by atoms with Crippen LogP contribution in [0, 0.1) is 0 Å². The molecule has 0 bridgehead atoms. The first-order chi connectivity index (χ1) is 11.6. The van der Waals surface area contributed by atoms with Crippen molar-refractivity contribution < 1.29 is 4.79 Å². The van der Waals surface area contributed by atoms with E-state index < -0.39 is 0 Å². The van der Waals surface area contributed by atoms with Crippen LogP contribution in [0.3, 0.4) is 0 Å². The number of aromatic amines is 1. The van der Waals surface area contributed by atoms with Crippen LogP contribution in [0.15, 0.2) is 29.2 Å². The molecule has 0 spiro atoms. The van der Waals surface area contributed by atoms with Gasteiger partial charge in [-0.1, -0.05) is 0 Å². The predicted octanol–water partition coefficient (Wildman–Crippen LogP) is 0.614. The zero-order valence-corrected chi connectivity index (χ0v) is 13.5. The van der Waals surface area contributed by atoms with Gasteiger partial charge in [-0.2, -0.15) is 5.10 Å². The van der Waals surface area contributed by atoms with E-state index in [2.05, 4.69) is 26.1 Å². The number of carbonyl (C=O) groups is 1. The van der Waals surface area contributed by atoms with Gasteiger partial charge in [-0.3, -0.25) is 9.59 Å². The van der Waals surface area contributed by atoms with Crippen LogP contribution >= 0.6 is 0 Å². The van der Waals surface area contributed by atoms with Crippen molar-refractivity contribution in [3.05, 3.63) is 51.6 Å². The van der Waals surface area contributed by atoms with Gasteiger partial charge in [0, 0.05) is 26.3 Å². The Kier molecular flexibility index (Phi) is 3.55. The number of aromatic nitrogens is 3. The zero-order chi connectivity index (χ0) is 16.7. The van der Waals surface area contributed by atoms with Gasteiger partial charge in [-0.25, -0.2) is 0 Å². The lowest BCUT2D eigenvalue weighted by Gasteiger charge is -2.44. The molecule has 0 saturated carbocycles. The van der Waals surface area contributed by atoms with E-state index >= 15 is 0 Å². The number of amides is 1. The van der Waals surface area contributed by atoms with Gasteiger partial charge in [0.15, 0.2) is 5.82 Å². The Labute approximate surface area is 139 Å². The van der Waals surface area contributed by atoms with Crippen molar-refractivity contribution in [3.63, 3.8) is 0 Å². The van der Waals surface area contributed by atoms with Gasteiger partial charge >= 0.3 is 0 Å². The van der Waals surface area contributed by atoms with Gasteiger partial charge in [0.05, 0.1) is 11.7 Å². The first-order valence-electron chi connectivity index (χ1n) is 8.19. The zero-order valence-electron chi connectivity index (χ0n) is 13.5. The average molecular weight is 325 g/mol. The Hall–Kier alpha value is -2.70. The minimum absolute atomic E-state index is 0.0761. The van der Waals surface area contributed by atoms with Gasteiger partial charge in [-0.05, 0) is 43.0 Å². The third-order valence-electron chi connectivity index (χ3n) is 4.91. The molecule has 0 unspecified atom stereocenters. The third kappa shape index (κ3) is 2.46. The van der Waals surface area contributed by atoms with Crippen molar-refractivity contribution in [1.82, 2.24) is 20.1 Å². The van der Waals surface area contributed by atoms with Gasteiger partial charge in [0.2, 0.25) is 0 Å². The number of pyridine rings is 1. The number of nitrogens with zero attached hydrogens (tertiary/aromatic N) is 4. The smallest absolute Gasteiger partial charge is 0.260 e. The third-order valence-corrected chi connectivity index (χ3v) is 4.91. The normalized spacial score (nSPS) is 16.6. The van der Waals surface area contributed by atoms with Gasteiger partial charge in [0.25, 0.3) is 11.5 Å². The fraction of sp³-hybridized carbons (Fsp3) is 0.412. The quantitative estimate of drug-likeness (QED) is 0.894. The summed E-state index contributed by atoms with van der Waals surface area (Å²) in [6.45, 7) is 1.42. The van der Waals surface area contributed by atoms with Crippen LogP contribution in [-0.4, -0.2) is 52.2 Å². The fourth-order valence-electron chi connectivity index (χ4n) is 3.30. The van der Waals surface area contributed by atoms with Gasteiger partial charge in [0.1, 0.15) is 5.56 Å². The second-order valence-electron chi connectivity index (χ2n) is 6.42. The van der Waals surface area contributed by atoms with Gasteiger partial charge < -0.3 is 14.8 Å². The molecule has 1 N–H and O–H groups in total. The number of hydrogen-bond acceptors (Lipinski definition) is 5. The lowest BCUT2D eigenvalue weighted by atomic mass is 10.1. The molecule has 4 rings (SSSR count). The molecule has 1 aliphatic heterocycles. The largest absolute Gasteiger partial charge is 0.351 e. The SMILES string of the molecule is CN(C(=O)c1ccc[nH]c1=O)C1CN(c2cc3c(nn2)CCC3)C1. The number of hydrogen-bond donors (Lipinski definition) is 1. The van der Waals surface area contributed by atoms with E-state index in [4.69, 9.17) is 0 Å². The Morgan fingerprint density at radius 1 is 1.33 bits per heavy atom. The van der Waals surface area contributed by atoms with Crippen LogP contribution in [0.1, 0.15) is 28.0 Å². The van der Waals surface area contributed by atoms with Crippen molar-refractivity contribution in [2.45, 2.75) is 25.3 Å². The van der Waals surface area contributed by atoms with Crippen molar-refractivity contribution >= 4 is 11.7 Å². The molecular formula is C17H19N5O2. The standard InChI is InChI=1S/C17H19N5O2/c1-21(17(24)13-5-3-7-18-16(13)23)12-9-22(10-12)15-8-11-4-2-6-14(11)19-20-15/h3,5,7-8,12H,2,4,6,9-10H2,1H3,(H,18,23). The lowest BCUT2D eigenvalue weighted by molar-refractivity contribution is 0.0703. The molecule has 0 radical (unpaired) electrons. The Bertz CT molecular complexity index is 841. The summed E-state index contributed by atoms with van der Waals surface area (Å²) in [4.78, 5) is 30.5. The van der Waals surface area contributed by atoms with Crippen LogP contribution in [0.5, 0.6) is 0 Å². The predicted molar refractivity (Wildman–Crippen MR) is 89.2 cm³/mol. The highest BCUT2D eigenvalue weighted by atomic mass is 16.2. The second-order valence-corrected chi connectivity index (χ2v) is 6.42. The fourth-order valence-corrected chi connectivity index (χ4v) is 3.30. The highest BCUT2D eigenvalue weighted by Gasteiger charge is 2.34. The molecule has 2 aromatic heterocycles. The summed E-state index contributed by atoms with van der Waals surface area (Å²) in [5, 5.41) is 8.61. The van der Waals surface area contributed by atoms with E-state index in [1.807, 2.05) is 0 Å². The maximum Gasteiger partial charge on any atom is 0.260 e. The molecule has 1 aliphatic carbocycles. The molecule has 1 fully saturated rings. The average Bonchev–Trinajstić information content (AvgIpc) is 3.01. The molecule has 0 aromatic carbocycles. The van der Waals surface area contributed by atoms with Crippen molar-refractivity contribution in [3.8, 4) is 0 Å². The number of rotatable bonds is 3. The van der Waals surface area contributed by atoms with E-state index in [0.717, 1.165) is 30.8 Å². The van der Waals surface area contributed by atoms with Crippen LogP contribution in [0.25, 0.3) is 0 Å². The summed E-state index contributed by atoms with van der Waals surface area (Å²) < 4.78 is 0. The number of H-pyrrole nitrogens is 1. The monoisotopic (exact) mass is 325 g/mol. The molecule has 7 heteroatoms. The second kappa shape index (κ2) is 5.74. The Morgan fingerprint density at radius 2 is 2.17 bits per heavy atom. The number of nitrogens with one attached hydrogen (secondary N) is 1. The lowest BCUT2D eigenvalue weighted by Crippen LogP contribution is -2.60. The molecule has 1 amide bonds. The summed E-state index contributed by atoms with van der Waals surface area (Å²) in [6.07, 6.45) is 4.77. The summed E-state index contributed by atoms with van der Waals surface area (Å²) in [5.74, 6) is 0.631. The van der Waals surface area contributed by atoms with E-state index in [0.29, 0.717) is 13.1 Å². The maximum atomic E-state index is 12.5. The Balaban J connectivity index is 1.43.